The average Bonchev–Trinajstić information content (AvgIpc) is 3.10. The number of phosphoric acid groups is 1. The summed E-state index contributed by atoms with van der Waals surface area (Å²) in [4.78, 5) is 37.4. The lowest BCUT2D eigenvalue weighted by molar-refractivity contribution is -0.870. The van der Waals surface area contributed by atoms with Gasteiger partial charge in [-0.15, -0.1) is 0 Å². The summed E-state index contributed by atoms with van der Waals surface area (Å²) in [7, 11) is 1.12. The third-order valence-corrected chi connectivity index (χ3v) is 9.24. The Morgan fingerprint density at radius 1 is 0.604 bits per heavy atom. The molecule has 0 radical (unpaired) electrons. The minimum absolute atomic E-state index is 0.0428. The molecule has 0 aromatic rings. The molecule has 0 rings (SSSR count). The van der Waals surface area contributed by atoms with Gasteiger partial charge in [-0.25, -0.2) is 0 Å². The van der Waals surface area contributed by atoms with Crippen molar-refractivity contribution in [3.05, 3.63) is 60.8 Å². The summed E-state index contributed by atoms with van der Waals surface area (Å²) in [6, 6.07) is 0. The molecule has 0 N–H and O–H groups in total. The molecule has 0 aliphatic carbocycles. The van der Waals surface area contributed by atoms with Gasteiger partial charge in [-0.05, 0) is 77.0 Å². The van der Waals surface area contributed by atoms with Gasteiger partial charge in [0.15, 0.2) is 6.10 Å². The quantitative estimate of drug-likeness (QED) is 0.0204. The zero-order valence-corrected chi connectivity index (χ0v) is 35.1. The second-order valence-electron chi connectivity index (χ2n) is 14.6. The minimum Gasteiger partial charge on any atom is -0.756 e. The standard InChI is InChI=1S/C43H76NO8P/c1-6-8-10-12-14-16-18-20-22-24-26-28-30-32-34-36-43(46)52-41(40-51-53(47,48)50-38-37-44(3,4)5)39-49-42(45)35-33-31-29-27-25-23-21-19-17-15-13-11-9-7-2/h8,10,14,16,19-22,26,28,41H,6-7,9,11-13,15,17-18,23-25,27,29-40H2,1-5H3/b10-8+,16-14+,21-19+,22-20+,28-26+/t41-/m1/s1. The summed E-state index contributed by atoms with van der Waals surface area (Å²) < 4.78 is 33.8. The number of likely N-dealkylation sites (N-methyl/N-ethyl adjacent to an activating group) is 1. The van der Waals surface area contributed by atoms with E-state index in [4.69, 9.17) is 18.5 Å². The Kier molecular flexibility index (Phi) is 33.9. The summed E-state index contributed by atoms with van der Waals surface area (Å²) in [6.07, 6.45) is 41.1. The number of carbonyl (C=O) groups is 2. The van der Waals surface area contributed by atoms with Gasteiger partial charge in [0.05, 0.1) is 27.7 Å². The Labute approximate surface area is 324 Å². The number of hydrogen-bond donors (Lipinski definition) is 0. The number of esters is 2. The topological polar surface area (TPSA) is 111 Å². The van der Waals surface area contributed by atoms with Crippen molar-refractivity contribution < 1.29 is 42.1 Å². The lowest BCUT2D eigenvalue weighted by atomic mass is 10.1. The SMILES string of the molecule is CC/C=C/C/C=C/C/C=C/C/C=C/CCCCC(=O)O[C@H](COC(=O)CCCCCCC/C=C/CCCCCCC)COP(=O)([O-])OCC[N+](C)(C)C. The smallest absolute Gasteiger partial charge is 0.306 e. The first-order valence-corrected chi connectivity index (χ1v) is 22.0. The van der Waals surface area contributed by atoms with Crippen molar-refractivity contribution in [2.75, 3.05) is 47.5 Å². The number of rotatable bonds is 36. The highest BCUT2D eigenvalue weighted by molar-refractivity contribution is 7.45. The Bertz CT molecular complexity index is 1090. The molecule has 1 unspecified atom stereocenters. The van der Waals surface area contributed by atoms with Gasteiger partial charge in [0.25, 0.3) is 7.82 Å². The molecule has 306 valence electrons. The van der Waals surface area contributed by atoms with Crippen LogP contribution in [-0.4, -0.2) is 70.0 Å². The molecular formula is C43H76NO8P. The number of hydrogen-bond acceptors (Lipinski definition) is 8. The van der Waals surface area contributed by atoms with Crippen LogP contribution in [-0.2, 0) is 32.7 Å². The van der Waals surface area contributed by atoms with Crippen LogP contribution in [0.5, 0.6) is 0 Å². The first kappa shape index (κ1) is 50.7. The molecule has 0 heterocycles. The third-order valence-electron chi connectivity index (χ3n) is 8.27. The van der Waals surface area contributed by atoms with Crippen molar-refractivity contribution in [3.8, 4) is 0 Å². The zero-order chi connectivity index (χ0) is 39.3. The molecule has 2 atom stereocenters. The molecule has 0 saturated carbocycles. The molecule has 0 aliphatic heterocycles. The van der Waals surface area contributed by atoms with Crippen LogP contribution in [0.3, 0.4) is 0 Å². The molecule has 0 fully saturated rings. The average molecular weight is 766 g/mol. The van der Waals surface area contributed by atoms with Crippen molar-refractivity contribution >= 4 is 19.8 Å². The maximum Gasteiger partial charge on any atom is 0.306 e. The van der Waals surface area contributed by atoms with E-state index in [1.54, 1.807) is 0 Å². The van der Waals surface area contributed by atoms with Gasteiger partial charge in [-0.2, -0.15) is 0 Å². The van der Waals surface area contributed by atoms with E-state index >= 15 is 0 Å². The fourth-order valence-electron chi connectivity index (χ4n) is 5.05. The van der Waals surface area contributed by atoms with Crippen LogP contribution >= 0.6 is 7.82 Å². The van der Waals surface area contributed by atoms with E-state index in [1.807, 2.05) is 21.1 Å². The van der Waals surface area contributed by atoms with E-state index in [9.17, 15) is 19.0 Å². The van der Waals surface area contributed by atoms with Crippen LogP contribution in [0.15, 0.2) is 60.8 Å². The van der Waals surface area contributed by atoms with Gasteiger partial charge in [-0.3, -0.25) is 14.2 Å². The maximum absolute atomic E-state index is 12.6. The van der Waals surface area contributed by atoms with E-state index in [2.05, 4.69) is 74.6 Å². The molecular weight excluding hydrogens is 689 g/mol. The summed E-state index contributed by atoms with van der Waals surface area (Å²) in [6.45, 7) is 4.02. The summed E-state index contributed by atoms with van der Waals surface area (Å²) in [5, 5.41) is 0. The minimum atomic E-state index is -4.64. The van der Waals surface area contributed by atoms with Crippen molar-refractivity contribution in [3.63, 3.8) is 0 Å². The number of phosphoric ester groups is 1. The van der Waals surface area contributed by atoms with Crippen LogP contribution in [0.4, 0.5) is 0 Å². The van der Waals surface area contributed by atoms with Crippen LogP contribution < -0.4 is 4.89 Å². The number of nitrogens with zero attached hydrogens (tertiary/aromatic N) is 1. The van der Waals surface area contributed by atoms with E-state index in [0.717, 1.165) is 70.6 Å². The van der Waals surface area contributed by atoms with Crippen molar-refractivity contribution in [2.24, 2.45) is 0 Å². The Morgan fingerprint density at radius 3 is 1.66 bits per heavy atom. The Hall–Kier alpha value is -2.29. The van der Waals surface area contributed by atoms with E-state index in [-0.39, 0.29) is 26.1 Å². The molecule has 53 heavy (non-hydrogen) atoms. The number of unbranched alkanes of at least 4 members (excludes halogenated alkanes) is 12. The predicted octanol–water partition coefficient (Wildman–Crippen LogP) is 10.7. The highest BCUT2D eigenvalue weighted by Crippen LogP contribution is 2.38. The van der Waals surface area contributed by atoms with E-state index in [1.165, 1.54) is 38.5 Å². The van der Waals surface area contributed by atoms with Crippen LogP contribution in [0.1, 0.15) is 149 Å². The van der Waals surface area contributed by atoms with Crippen LogP contribution in [0, 0.1) is 0 Å². The monoisotopic (exact) mass is 766 g/mol. The molecule has 0 aliphatic rings. The first-order valence-electron chi connectivity index (χ1n) is 20.5. The number of ether oxygens (including phenoxy) is 2. The van der Waals surface area contributed by atoms with Gasteiger partial charge in [0, 0.05) is 12.8 Å². The number of allylic oxidation sites excluding steroid dienone is 10. The van der Waals surface area contributed by atoms with Crippen molar-refractivity contribution in [1.82, 2.24) is 0 Å². The summed E-state index contributed by atoms with van der Waals surface area (Å²) >= 11 is 0. The molecule has 0 bridgehead atoms. The highest BCUT2D eigenvalue weighted by Gasteiger charge is 2.21. The van der Waals surface area contributed by atoms with Gasteiger partial charge in [-0.1, -0.05) is 120 Å². The second kappa shape index (κ2) is 35.4. The molecule has 0 spiro atoms. The Morgan fingerprint density at radius 2 is 1.08 bits per heavy atom. The molecule has 0 aromatic carbocycles. The fraction of sp³-hybridized carbons (Fsp3) is 0.721. The van der Waals surface area contributed by atoms with E-state index < -0.39 is 32.5 Å². The number of quaternary nitrogens is 1. The lowest BCUT2D eigenvalue weighted by Gasteiger charge is -2.28. The van der Waals surface area contributed by atoms with Gasteiger partial charge in [0.2, 0.25) is 0 Å². The zero-order valence-electron chi connectivity index (χ0n) is 34.2. The summed E-state index contributed by atoms with van der Waals surface area (Å²) in [5.41, 5.74) is 0. The third kappa shape index (κ3) is 39.2. The number of carbonyl (C=O) groups excluding carboxylic acids is 2. The van der Waals surface area contributed by atoms with Crippen molar-refractivity contribution in [1.29, 1.82) is 0 Å². The van der Waals surface area contributed by atoms with Gasteiger partial charge in [0.1, 0.15) is 19.8 Å². The summed E-state index contributed by atoms with van der Waals surface area (Å²) in [5.74, 6) is -0.899. The molecule has 0 saturated heterocycles. The lowest BCUT2D eigenvalue weighted by Crippen LogP contribution is -2.37. The van der Waals surface area contributed by atoms with Crippen LogP contribution in [0.25, 0.3) is 0 Å². The largest absolute Gasteiger partial charge is 0.756 e. The molecule has 0 amide bonds. The maximum atomic E-state index is 12.6. The predicted molar refractivity (Wildman–Crippen MR) is 217 cm³/mol. The molecule has 0 aromatic heterocycles. The van der Waals surface area contributed by atoms with Gasteiger partial charge < -0.3 is 27.9 Å². The van der Waals surface area contributed by atoms with Crippen LogP contribution in [0.2, 0.25) is 0 Å². The normalized spacial score (nSPS) is 14.3. The molecule has 9 nitrogen and oxygen atoms in total. The van der Waals surface area contributed by atoms with Gasteiger partial charge >= 0.3 is 11.9 Å². The molecule has 10 heteroatoms. The Balaban J connectivity index is 4.50. The highest BCUT2D eigenvalue weighted by atomic mass is 31.2. The second-order valence-corrected chi connectivity index (χ2v) is 16.0. The van der Waals surface area contributed by atoms with E-state index in [0.29, 0.717) is 23.9 Å². The first-order chi connectivity index (χ1) is 25.5. The van der Waals surface area contributed by atoms with Crippen molar-refractivity contribution in [2.45, 2.75) is 155 Å². The fourth-order valence-corrected chi connectivity index (χ4v) is 5.78.